The average Bonchev–Trinajstić information content (AvgIpc) is 2.56. The molecule has 1 nitrogen and oxygen atoms in total. The van der Waals surface area contributed by atoms with Crippen molar-refractivity contribution in [3.8, 4) is 0 Å². The van der Waals surface area contributed by atoms with Crippen molar-refractivity contribution in [2.75, 3.05) is 0 Å². The highest BCUT2D eigenvalue weighted by Crippen LogP contribution is 2.25. The molecule has 0 N–H and O–H groups in total. The number of hydrogen-bond acceptors (Lipinski definition) is 1. The first kappa shape index (κ1) is 10.6. The van der Waals surface area contributed by atoms with Crippen LogP contribution in [-0.4, -0.2) is 5.78 Å². The van der Waals surface area contributed by atoms with Gasteiger partial charge >= 0.3 is 0 Å². The number of hydrogen-bond donors (Lipinski definition) is 0. The molecule has 0 fully saturated rings. The Hall–Kier alpha value is -0.960. The van der Waals surface area contributed by atoms with Crippen LogP contribution in [0.3, 0.4) is 0 Å². The molecule has 1 aromatic carbocycles. The Morgan fingerprint density at radius 3 is 2.73 bits per heavy atom. The molecule has 0 amide bonds. The minimum absolute atomic E-state index is 0.197. The van der Waals surface area contributed by atoms with E-state index in [4.69, 9.17) is 0 Å². The summed E-state index contributed by atoms with van der Waals surface area (Å²) < 4.78 is 13.6. The van der Waals surface area contributed by atoms with Gasteiger partial charge in [0, 0.05) is 10.9 Å². The Morgan fingerprint density at radius 2 is 2.13 bits per heavy atom. The molecule has 0 radical (unpaired) electrons. The average molecular weight is 269 g/mol. The van der Waals surface area contributed by atoms with E-state index >= 15 is 0 Å². The molecule has 78 valence electrons. The summed E-state index contributed by atoms with van der Waals surface area (Å²) in [4.78, 5) is 11.0. The van der Waals surface area contributed by atoms with Crippen molar-refractivity contribution in [2.24, 2.45) is 0 Å². The van der Waals surface area contributed by atoms with Gasteiger partial charge in [-0.2, -0.15) is 0 Å². The topological polar surface area (TPSA) is 17.1 Å². The lowest BCUT2D eigenvalue weighted by molar-refractivity contribution is -0.114. The molecule has 0 saturated heterocycles. The fraction of sp³-hybridized carbons (Fsp3) is 0.250. The smallest absolute Gasteiger partial charge is 0.155 e. The molecule has 0 saturated carbocycles. The fourth-order valence-corrected chi connectivity index (χ4v) is 2.20. The van der Waals surface area contributed by atoms with Gasteiger partial charge in [0.2, 0.25) is 0 Å². The summed E-state index contributed by atoms with van der Waals surface area (Å²) in [5, 5.41) is 0. The fourth-order valence-electron chi connectivity index (χ4n) is 1.70. The summed E-state index contributed by atoms with van der Waals surface area (Å²) in [5.41, 5.74) is 2.16. The van der Waals surface area contributed by atoms with Gasteiger partial charge in [0.05, 0.1) is 0 Å². The van der Waals surface area contributed by atoms with Crippen LogP contribution in [0.5, 0.6) is 0 Å². The highest BCUT2D eigenvalue weighted by atomic mass is 79.9. The molecule has 1 aromatic rings. The molecule has 0 aliphatic heterocycles. The Balaban J connectivity index is 2.18. The van der Waals surface area contributed by atoms with Gasteiger partial charge in [-0.3, -0.25) is 4.79 Å². The molecule has 1 aliphatic carbocycles. The normalized spacial score (nSPS) is 15.6. The van der Waals surface area contributed by atoms with Crippen LogP contribution >= 0.6 is 15.9 Å². The van der Waals surface area contributed by atoms with Gasteiger partial charge in [-0.15, -0.1) is 0 Å². The second kappa shape index (κ2) is 4.27. The molecule has 0 bridgehead atoms. The zero-order valence-electron chi connectivity index (χ0n) is 8.09. The summed E-state index contributed by atoms with van der Waals surface area (Å²) in [6, 6.07) is 4.65. The third-order valence-corrected chi connectivity index (χ3v) is 3.23. The van der Waals surface area contributed by atoms with Crippen LogP contribution in [0.25, 0.3) is 0 Å². The molecule has 0 unspecified atom stereocenters. The van der Waals surface area contributed by atoms with E-state index in [1.807, 2.05) is 0 Å². The van der Waals surface area contributed by atoms with Crippen LogP contribution in [0, 0.1) is 5.82 Å². The van der Waals surface area contributed by atoms with Gasteiger partial charge in [-0.05, 0) is 36.6 Å². The zero-order chi connectivity index (χ0) is 10.8. The van der Waals surface area contributed by atoms with E-state index in [-0.39, 0.29) is 11.6 Å². The Kier molecular flexibility index (Phi) is 3.00. The first-order chi connectivity index (χ1) is 7.15. The maximum atomic E-state index is 12.8. The SMILES string of the molecule is O=C1C=C(Cc2ccc(F)cc2Br)CC1. The van der Waals surface area contributed by atoms with Gasteiger partial charge in [-0.1, -0.05) is 27.6 Å². The summed E-state index contributed by atoms with van der Waals surface area (Å²) in [7, 11) is 0. The number of rotatable bonds is 2. The van der Waals surface area contributed by atoms with Crippen LogP contribution < -0.4 is 0 Å². The van der Waals surface area contributed by atoms with Gasteiger partial charge < -0.3 is 0 Å². The predicted molar refractivity (Wildman–Crippen MR) is 60.1 cm³/mol. The number of carbonyl (C=O) groups is 1. The van der Waals surface area contributed by atoms with Crippen molar-refractivity contribution in [2.45, 2.75) is 19.3 Å². The molecule has 15 heavy (non-hydrogen) atoms. The van der Waals surface area contributed by atoms with Gasteiger partial charge in [0.1, 0.15) is 5.82 Å². The maximum absolute atomic E-state index is 12.8. The summed E-state index contributed by atoms with van der Waals surface area (Å²) in [6.07, 6.45) is 3.89. The second-order valence-corrected chi connectivity index (χ2v) is 4.54. The van der Waals surface area contributed by atoms with Crippen LogP contribution in [0.1, 0.15) is 18.4 Å². The van der Waals surface area contributed by atoms with Crippen molar-refractivity contribution in [3.63, 3.8) is 0 Å². The number of carbonyl (C=O) groups excluding carboxylic acids is 1. The van der Waals surface area contributed by atoms with Crippen molar-refractivity contribution >= 4 is 21.7 Å². The van der Waals surface area contributed by atoms with Crippen molar-refractivity contribution in [3.05, 3.63) is 45.7 Å². The lowest BCUT2D eigenvalue weighted by atomic mass is 10.1. The van der Waals surface area contributed by atoms with Crippen LogP contribution in [0.15, 0.2) is 34.3 Å². The molecule has 0 spiro atoms. The van der Waals surface area contributed by atoms with Crippen LogP contribution in [0.2, 0.25) is 0 Å². The maximum Gasteiger partial charge on any atom is 0.155 e. The molecular weight excluding hydrogens is 259 g/mol. The first-order valence-corrected chi connectivity index (χ1v) is 5.60. The molecule has 2 rings (SSSR count). The molecule has 1 aliphatic rings. The number of halogens is 2. The highest BCUT2D eigenvalue weighted by Gasteiger charge is 2.13. The third-order valence-electron chi connectivity index (χ3n) is 2.49. The molecular formula is C12H10BrFO. The third kappa shape index (κ3) is 2.53. The van der Waals surface area contributed by atoms with E-state index in [1.165, 1.54) is 12.1 Å². The first-order valence-electron chi connectivity index (χ1n) is 4.81. The summed E-state index contributed by atoms with van der Waals surface area (Å²) in [6.45, 7) is 0. The second-order valence-electron chi connectivity index (χ2n) is 3.68. The Morgan fingerprint density at radius 1 is 1.33 bits per heavy atom. The minimum Gasteiger partial charge on any atom is -0.295 e. The van der Waals surface area contributed by atoms with E-state index in [0.29, 0.717) is 6.42 Å². The zero-order valence-corrected chi connectivity index (χ0v) is 9.68. The van der Waals surface area contributed by atoms with Crippen molar-refractivity contribution < 1.29 is 9.18 Å². The van der Waals surface area contributed by atoms with Crippen LogP contribution in [0.4, 0.5) is 4.39 Å². The monoisotopic (exact) mass is 268 g/mol. The van der Waals surface area contributed by atoms with E-state index in [9.17, 15) is 9.18 Å². The van der Waals surface area contributed by atoms with E-state index in [1.54, 1.807) is 12.1 Å². The van der Waals surface area contributed by atoms with Gasteiger partial charge in [0.25, 0.3) is 0 Å². The number of allylic oxidation sites excluding steroid dienone is 2. The lowest BCUT2D eigenvalue weighted by Gasteiger charge is -2.04. The standard InChI is InChI=1S/C12H10BrFO/c13-12-7-10(14)3-2-9(12)5-8-1-4-11(15)6-8/h2-3,6-7H,1,4-5H2. The number of benzene rings is 1. The van der Waals surface area contributed by atoms with Crippen molar-refractivity contribution in [1.29, 1.82) is 0 Å². The Labute approximate surface area is 96.1 Å². The quantitative estimate of drug-likeness (QED) is 0.804. The highest BCUT2D eigenvalue weighted by molar-refractivity contribution is 9.10. The van der Waals surface area contributed by atoms with Crippen molar-refractivity contribution in [1.82, 2.24) is 0 Å². The molecule has 0 atom stereocenters. The predicted octanol–water partition coefficient (Wildman–Crippen LogP) is 3.42. The lowest BCUT2D eigenvalue weighted by Crippen LogP contribution is -1.90. The van der Waals surface area contributed by atoms with E-state index in [0.717, 1.165) is 28.5 Å². The molecule has 3 heteroatoms. The minimum atomic E-state index is -0.248. The largest absolute Gasteiger partial charge is 0.295 e. The van der Waals surface area contributed by atoms with Gasteiger partial charge in [-0.25, -0.2) is 4.39 Å². The van der Waals surface area contributed by atoms with E-state index < -0.39 is 0 Å². The van der Waals surface area contributed by atoms with E-state index in [2.05, 4.69) is 15.9 Å². The Bertz CT molecular complexity index is 437. The summed E-state index contributed by atoms with van der Waals surface area (Å²) in [5.74, 6) is -0.0506. The molecule has 0 heterocycles. The van der Waals surface area contributed by atoms with Gasteiger partial charge in [0.15, 0.2) is 5.78 Å². The number of ketones is 1. The summed E-state index contributed by atoms with van der Waals surface area (Å²) >= 11 is 3.32. The molecule has 0 aromatic heterocycles. The van der Waals surface area contributed by atoms with Crippen LogP contribution in [-0.2, 0) is 11.2 Å².